The molecule has 0 amide bonds. The van der Waals surface area contributed by atoms with Gasteiger partial charge in [0.05, 0.1) is 5.69 Å². The van der Waals surface area contributed by atoms with Gasteiger partial charge in [0.1, 0.15) is 0 Å². The Morgan fingerprint density at radius 1 is 1.44 bits per heavy atom. The second kappa shape index (κ2) is 5.46. The molecule has 1 aromatic rings. The van der Waals surface area contributed by atoms with Crippen LogP contribution in [0, 0.1) is 0 Å². The lowest BCUT2D eigenvalue weighted by atomic mass is 9.92. The van der Waals surface area contributed by atoms with Crippen molar-refractivity contribution >= 4 is 0 Å². The maximum atomic E-state index is 5.88. The van der Waals surface area contributed by atoms with Crippen LogP contribution >= 0.6 is 0 Å². The van der Waals surface area contributed by atoms with Gasteiger partial charge in [-0.15, -0.1) is 0 Å². The molecule has 1 aliphatic carbocycles. The van der Waals surface area contributed by atoms with E-state index in [2.05, 4.69) is 16.5 Å². The average Bonchev–Trinajstić information content (AvgIpc) is 2.67. The standard InChI is InChI=1S/C12H22N4/c1-16-9-7-12(15-16)6-8-14-11-4-2-10(13)3-5-11/h7,9-11,14H,2-6,8,13H2,1H3. The molecule has 1 aromatic heterocycles. The molecular formula is C12H22N4. The van der Waals surface area contributed by atoms with Gasteiger partial charge in [0.25, 0.3) is 0 Å². The Balaban J connectivity index is 1.64. The van der Waals surface area contributed by atoms with Crippen LogP contribution in [0.15, 0.2) is 12.3 Å². The molecule has 0 radical (unpaired) electrons. The predicted molar refractivity (Wildman–Crippen MR) is 65.1 cm³/mol. The first-order valence-corrected chi connectivity index (χ1v) is 6.21. The van der Waals surface area contributed by atoms with Crippen molar-refractivity contribution in [3.8, 4) is 0 Å². The van der Waals surface area contributed by atoms with Crippen LogP contribution in [0.25, 0.3) is 0 Å². The summed E-state index contributed by atoms with van der Waals surface area (Å²) in [5.74, 6) is 0. The summed E-state index contributed by atoms with van der Waals surface area (Å²) in [5.41, 5.74) is 7.05. The Bertz CT molecular complexity index is 313. The zero-order valence-electron chi connectivity index (χ0n) is 10.0. The zero-order valence-corrected chi connectivity index (χ0v) is 10.0. The van der Waals surface area contributed by atoms with Gasteiger partial charge in [-0.1, -0.05) is 0 Å². The summed E-state index contributed by atoms with van der Waals surface area (Å²) < 4.78 is 1.86. The van der Waals surface area contributed by atoms with Crippen LogP contribution in [-0.4, -0.2) is 28.4 Å². The van der Waals surface area contributed by atoms with Crippen molar-refractivity contribution in [2.45, 2.75) is 44.2 Å². The molecule has 0 aromatic carbocycles. The first-order valence-electron chi connectivity index (χ1n) is 6.21. The largest absolute Gasteiger partial charge is 0.328 e. The van der Waals surface area contributed by atoms with Crippen molar-refractivity contribution in [2.75, 3.05) is 6.54 Å². The third kappa shape index (κ3) is 3.32. The number of hydrogen-bond donors (Lipinski definition) is 2. The molecule has 0 aliphatic heterocycles. The summed E-state index contributed by atoms with van der Waals surface area (Å²) in [6, 6.07) is 3.19. The third-order valence-corrected chi connectivity index (χ3v) is 3.35. The van der Waals surface area contributed by atoms with Crippen molar-refractivity contribution in [3.05, 3.63) is 18.0 Å². The van der Waals surface area contributed by atoms with E-state index in [9.17, 15) is 0 Å². The lowest BCUT2D eigenvalue weighted by Crippen LogP contribution is -2.38. The van der Waals surface area contributed by atoms with Gasteiger partial charge in [-0.25, -0.2) is 0 Å². The molecule has 16 heavy (non-hydrogen) atoms. The molecule has 1 saturated carbocycles. The molecule has 1 heterocycles. The molecule has 0 unspecified atom stereocenters. The second-order valence-corrected chi connectivity index (χ2v) is 4.80. The monoisotopic (exact) mass is 222 g/mol. The second-order valence-electron chi connectivity index (χ2n) is 4.80. The van der Waals surface area contributed by atoms with E-state index in [-0.39, 0.29) is 0 Å². The smallest absolute Gasteiger partial charge is 0.0637 e. The average molecular weight is 222 g/mol. The molecule has 3 N–H and O–H groups in total. The normalized spacial score (nSPS) is 25.9. The Hall–Kier alpha value is -0.870. The first-order chi connectivity index (χ1) is 7.74. The fraction of sp³-hybridized carbons (Fsp3) is 0.750. The topological polar surface area (TPSA) is 55.9 Å². The van der Waals surface area contributed by atoms with Gasteiger partial charge < -0.3 is 11.1 Å². The van der Waals surface area contributed by atoms with Crippen molar-refractivity contribution in [1.82, 2.24) is 15.1 Å². The number of nitrogens with zero attached hydrogens (tertiary/aromatic N) is 2. The lowest BCUT2D eigenvalue weighted by molar-refractivity contribution is 0.344. The number of nitrogens with one attached hydrogen (secondary N) is 1. The molecule has 0 spiro atoms. The van der Waals surface area contributed by atoms with E-state index in [1.807, 2.05) is 17.9 Å². The minimum absolute atomic E-state index is 0.439. The molecule has 0 saturated heterocycles. The Kier molecular flexibility index (Phi) is 3.96. The molecule has 4 heteroatoms. The maximum Gasteiger partial charge on any atom is 0.0637 e. The van der Waals surface area contributed by atoms with Gasteiger partial charge in [-0.05, 0) is 31.7 Å². The fourth-order valence-electron chi connectivity index (χ4n) is 2.32. The molecule has 2 rings (SSSR count). The van der Waals surface area contributed by atoms with Crippen LogP contribution in [0.4, 0.5) is 0 Å². The van der Waals surface area contributed by atoms with Gasteiger partial charge in [0.15, 0.2) is 0 Å². The summed E-state index contributed by atoms with van der Waals surface area (Å²) in [6.45, 7) is 1.02. The van der Waals surface area contributed by atoms with Crippen molar-refractivity contribution in [1.29, 1.82) is 0 Å². The van der Waals surface area contributed by atoms with Crippen molar-refractivity contribution in [2.24, 2.45) is 12.8 Å². The highest BCUT2D eigenvalue weighted by molar-refractivity contribution is 4.99. The number of aromatic nitrogens is 2. The van der Waals surface area contributed by atoms with Gasteiger partial charge in [0.2, 0.25) is 0 Å². The molecular weight excluding hydrogens is 200 g/mol. The van der Waals surface area contributed by atoms with E-state index in [0.717, 1.165) is 13.0 Å². The highest BCUT2D eigenvalue weighted by Crippen LogP contribution is 2.16. The molecule has 4 nitrogen and oxygen atoms in total. The summed E-state index contributed by atoms with van der Waals surface area (Å²) in [7, 11) is 1.96. The highest BCUT2D eigenvalue weighted by atomic mass is 15.2. The van der Waals surface area contributed by atoms with E-state index >= 15 is 0 Å². The number of nitrogens with two attached hydrogens (primary N) is 1. The Labute approximate surface area is 97.2 Å². The fourth-order valence-corrected chi connectivity index (χ4v) is 2.32. The maximum absolute atomic E-state index is 5.88. The number of rotatable bonds is 4. The lowest BCUT2D eigenvalue weighted by Gasteiger charge is -2.26. The first kappa shape index (κ1) is 11.6. The van der Waals surface area contributed by atoms with Gasteiger partial charge >= 0.3 is 0 Å². The van der Waals surface area contributed by atoms with E-state index in [4.69, 9.17) is 5.73 Å². The number of hydrogen-bond acceptors (Lipinski definition) is 3. The summed E-state index contributed by atoms with van der Waals surface area (Å²) in [5, 5.41) is 7.96. The van der Waals surface area contributed by atoms with E-state index < -0.39 is 0 Å². The third-order valence-electron chi connectivity index (χ3n) is 3.35. The minimum atomic E-state index is 0.439. The van der Waals surface area contributed by atoms with E-state index in [1.54, 1.807) is 0 Å². The quantitative estimate of drug-likeness (QED) is 0.793. The van der Waals surface area contributed by atoms with Crippen molar-refractivity contribution in [3.63, 3.8) is 0 Å². The number of aryl methyl sites for hydroxylation is 1. The predicted octanol–water partition coefficient (Wildman–Crippen LogP) is 0.822. The van der Waals surface area contributed by atoms with Gasteiger partial charge in [-0.3, -0.25) is 4.68 Å². The Morgan fingerprint density at radius 2 is 2.19 bits per heavy atom. The highest BCUT2D eigenvalue weighted by Gasteiger charge is 2.17. The molecule has 1 aliphatic rings. The summed E-state index contributed by atoms with van der Waals surface area (Å²) in [4.78, 5) is 0. The van der Waals surface area contributed by atoms with Crippen LogP contribution in [-0.2, 0) is 13.5 Å². The SMILES string of the molecule is Cn1ccc(CCNC2CCC(N)CC2)n1. The molecule has 0 bridgehead atoms. The molecule has 90 valence electrons. The van der Waals surface area contributed by atoms with E-state index in [1.165, 1.54) is 31.4 Å². The summed E-state index contributed by atoms with van der Waals surface area (Å²) in [6.07, 6.45) is 7.80. The van der Waals surface area contributed by atoms with Crippen LogP contribution in [0.5, 0.6) is 0 Å². The zero-order chi connectivity index (χ0) is 11.4. The van der Waals surface area contributed by atoms with Gasteiger partial charge in [-0.2, -0.15) is 5.10 Å². The van der Waals surface area contributed by atoms with Crippen molar-refractivity contribution < 1.29 is 0 Å². The molecule has 1 fully saturated rings. The Morgan fingerprint density at radius 3 is 2.81 bits per heavy atom. The summed E-state index contributed by atoms with van der Waals surface area (Å²) >= 11 is 0. The van der Waals surface area contributed by atoms with Gasteiger partial charge in [0, 0.05) is 38.3 Å². The molecule has 0 atom stereocenters. The van der Waals surface area contributed by atoms with Crippen LogP contribution in [0.3, 0.4) is 0 Å². The minimum Gasteiger partial charge on any atom is -0.328 e. The van der Waals surface area contributed by atoms with Crippen LogP contribution < -0.4 is 11.1 Å². The van der Waals surface area contributed by atoms with Crippen LogP contribution in [0.2, 0.25) is 0 Å². The van der Waals surface area contributed by atoms with Crippen LogP contribution in [0.1, 0.15) is 31.4 Å². The van der Waals surface area contributed by atoms with E-state index in [0.29, 0.717) is 12.1 Å².